The number of anilines is 1. The Morgan fingerprint density at radius 1 is 1.38 bits per heavy atom. The van der Waals surface area contributed by atoms with Crippen molar-refractivity contribution in [2.24, 2.45) is 0 Å². The highest BCUT2D eigenvalue weighted by Crippen LogP contribution is 2.19. The largest absolute Gasteiger partial charge is 0.273 e. The van der Waals surface area contributed by atoms with E-state index in [0.29, 0.717) is 5.69 Å². The SMILES string of the molecule is CC(CCl)S(=O)(=O)N(C)c1ccc(F)cc1. The molecule has 16 heavy (non-hydrogen) atoms. The standard InChI is InChI=1S/C10H13ClFNO2S/c1-8(7-11)16(14,15)13(2)10-5-3-9(12)4-6-10/h3-6,8H,7H2,1-2H3. The van der Waals surface area contributed by atoms with Crippen molar-refractivity contribution in [1.29, 1.82) is 0 Å². The first kappa shape index (κ1) is 13.3. The number of alkyl halides is 1. The van der Waals surface area contributed by atoms with Crippen LogP contribution in [-0.2, 0) is 10.0 Å². The monoisotopic (exact) mass is 265 g/mol. The van der Waals surface area contributed by atoms with E-state index in [-0.39, 0.29) is 5.88 Å². The number of nitrogens with zero attached hydrogens (tertiary/aromatic N) is 1. The molecule has 1 atom stereocenters. The minimum atomic E-state index is -3.48. The Labute approximate surface area is 99.9 Å². The topological polar surface area (TPSA) is 37.4 Å². The van der Waals surface area contributed by atoms with Gasteiger partial charge in [-0.15, -0.1) is 11.6 Å². The lowest BCUT2D eigenvalue weighted by atomic mass is 10.3. The predicted molar refractivity (Wildman–Crippen MR) is 63.9 cm³/mol. The van der Waals surface area contributed by atoms with Gasteiger partial charge in [-0.1, -0.05) is 0 Å². The lowest BCUT2D eigenvalue weighted by Gasteiger charge is -2.22. The first-order chi connectivity index (χ1) is 7.39. The molecule has 0 heterocycles. The number of sulfonamides is 1. The molecule has 0 radical (unpaired) electrons. The molecule has 0 aliphatic carbocycles. The molecule has 0 amide bonds. The van der Waals surface area contributed by atoms with Gasteiger partial charge in [-0.25, -0.2) is 12.8 Å². The highest BCUT2D eigenvalue weighted by atomic mass is 35.5. The van der Waals surface area contributed by atoms with Crippen LogP contribution in [0.3, 0.4) is 0 Å². The summed E-state index contributed by atoms with van der Waals surface area (Å²) in [5, 5.41) is -0.677. The summed E-state index contributed by atoms with van der Waals surface area (Å²) in [4.78, 5) is 0. The fraction of sp³-hybridized carbons (Fsp3) is 0.400. The van der Waals surface area contributed by atoms with Crippen LogP contribution in [0.2, 0.25) is 0 Å². The Kier molecular flexibility index (Phi) is 4.15. The molecule has 0 aliphatic rings. The molecule has 0 bridgehead atoms. The lowest BCUT2D eigenvalue weighted by Crippen LogP contribution is -2.35. The van der Waals surface area contributed by atoms with Crippen LogP contribution in [0.5, 0.6) is 0 Å². The van der Waals surface area contributed by atoms with E-state index in [2.05, 4.69) is 0 Å². The predicted octanol–water partition coefficient (Wildman–Crippen LogP) is 2.22. The van der Waals surface area contributed by atoms with Crippen molar-refractivity contribution in [2.45, 2.75) is 12.2 Å². The van der Waals surface area contributed by atoms with Crippen LogP contribution in [0.15, 0.2) is 24.3 Å². The Hall–Kier alpha value is -0.810. The van der Waals surface area contributed by atoms with Gasteiger partial charge in [-0.2, -0.15) is 0 Å². The summed E-state index contributed by atoms with van der Waals surface area (Å²) < 4.78 is 37.6. The van der Waals surface area contributed by atoms with Crippen LogP contribution < -0.4 is 4.31 Å². The van der Waals surface area contributed by atoms with Gasteiger partial charge in [0.2, 0.25) is 10.0 Å². The van der Waals surface area contributed by atoms with E-state index in [1.54, 1.807) is 0 Å². The van der Waals surface area contributed by atoms with Crippen molar-refractivity contribution in [3.63, 3.8) is 0 Å². The fourth-order valence-corrected chi connectivity index (χ4v) is 2.74. The minimum Gasteiger partial charge on any atom is -0.273 e. The molecule has 0 aliphatic heterocycles. The summed E-state index contributed by atoms with van der Waals surface area (Å²) in [7, 11) is -2.05. The number of halogens is 2. The lowest BCUT2D eigenvalue weighted by molar-refractivity contribution is 0.586. The first-order valence-corrected chi connectivity index (χ1v) is 6.72. The molecule has 0 fully saturated rings. The minimum absolute atomic E-state index is 0.0217. The van der Waals surface area contributed by atoms with Gasteiger partial charge in [-0.05, 0) is 31.2 Å². The third kappa shape index (κ3) is 2.65. The van der Waals surface area contributed by atoms with Crippen molar-refractivity contribution in [2.75, 3.05) is 17.2 Å². The second-order valence-electron chi connectivity index (χ2n) is 3.45. The summed E-state index contributed by atoms with van der Waals surface area (Å²) >= 11 is 5.53. The van der Waals surface area contributed by atoms with E-state index in [1.165, 1.54) is 38.2 Å². The molecule has 1 aromatic rings. The first-order valence-electron chi connectivity index (χ1n) is 4.69. The van der Waals surface area contributed by atoms with Gasteiger partial charge in [0.05, 0.1) is 10.9 Å². The van der Waals surface area contributed by atoms with Gasteiger partial charge in [0.1, 0.15) is 5.82 Å². The average molecular weight is 266 g/mol. The van der Waals surface area contributed by atoms with Crippen molar-refractivity contribution in [1.82, 2.24) is 0 Å². The third-order valence-electron chi connectivity index (χ3n) is 2.30. The van der Waals surface area contributed by atoms with Gasteiger partial charge in [0.25, 0.3) is 0 Å². The van der Waals surface area contributed by atoms with Crippen LogP contribution in [0, 0.1) is 5.82 Å². The normalized spacial score (nSPS) is 13.5. The highest BCUT2D eigenvalue weighted by molar-refractivity contribution is 7.93. The van der Waals surface area contributed by atoms with Crippen LogP contribution in [0.4, 0.5) is 10.1 Å². The van der Waals surface area contributed by atoms with Crippen LogP contribution >= 0.6 is 11.6 Å². The molecular formula is C10H13ClFNO2S. The summed E-state index contributed by atoms with van der Waals surface area (Å²) in [5.74, 6) is -0.381. The molecule has 3 nitrogen and oxygen atoms in total. The molecule has 6 heteroatoms. The molecule has 0 aromatic heterocycles. The molecule has 0 saturated heterocycles. The quantitative estimate of drug-likeness (QED) is 0.783. The molecule has 1 unspecified atom stereocenters. The zero-order chi connectivity index (χ0) is 12.3. The number of benzene rings is 1. The third-order valence-corrected chi connectivity index (χ3v) is 5.10. The summed E-state index contributed by atoms with van der Waals surface area (Å²) in [6.07, 6.45) is 0. The van der Waals surface area contributed by atoms with Crippen LogP contribution in [0.1, 0.15) is 6.92 Å². The second kappa shape index (κ2) is 5.01. The molecule has 0 saturated carbocycles. The van der Waals surface area contributed by atoms with Crippen molar-refractivity contribution in [3.8, 4) is 0 Å². The number of hydrogen-bond acceptors (Lipinski definition) is 2. The summed E-state index contributed by atoms with van der Waals surface area (Å²) in [5.41, 5.74) is 0.415. The maximum Gasteiger partial charge on any atom is 0.238 e. The van der Waals surface area contributed by atoms with E-state index in [0.717, 1.165) is 4.31 Å². The van der Waals surface area contributed by atoms with Crippen molar-refractivity contribution < 1.29 is 12.8 Å². The van der Waals surface area contributed by atoms with Crippen molar-refractivity contribution in [3.05, 3.63) is 30.1 Å². The van der Waals surface area contributed by atoms with E-state index >= 15 is 0 Å². The van der Waals surface area contributed by atoms with E-state index in [4.69, 9.17) is 11.6 Å². The molecule has 90 valence electrons. The smallest absolute Gasteiger partial charge is 0.238 e. The Morgan fingerprint density at radius 3 is 2.31 bits per heavy atom. The van der Waals surface area contributed by atoms with Gasteiger partial charge >= 0.3 is 0 Å². The van der Waals surface area contributed by atoms with E-state index < -0.39 is 21.1 Å². The van der Waals surface area contributed by atoms with Gasteiger partial charge in [0.15, 0.2) is 0 Å². The highest BCUT2D eigenvalue weighted by Gasteiger charge is 2.25. The Balaban J connectivity index is 3.02. The summed E-state index contributed by atoms with van der Waals surface area (Å²) in [6.45, 7) is 1.53. The van der Waals surface area contributed by atoms with Crippen LogP contribution in [0.25, 0.3) is 0 Å². The average Bonchev–Trinajstić information content (AvgIpc) is 2.28. The maximum absolute atomic E-state index is 12.7. The summed E-state index contributed by atoms with van der Waals surface area (Å²) in [6, 6.07) is 5.25. The number of rotatable bonds is 4. The Bertz CT molecular complexity index is 446. The molecule has 0 spiro atoms. The second-order valence-corrected chi connectivity index (χ2v) is 6.14. The van der Waals surface area contributed by atoms with Gasteiger partial charge in [-0.3, -0.25) is 4.31 Å². The molecular weight excluding hydrogens is 253 g/mol. The van der Waals surface area contributed by atoms with Crippen molar-refractivity contribution >= 4 is 27.3 Å². The zero-order valence-corrected chi connectivity index (χ0v) is 10.6. The van der Waals surface area contributed by atoms with Gasteiger partial charge < -0.3 is 0 Å². The Morgan fingerprint density at radius 2 is 1.88 bits per heavy atom. The molecule has 0 N–H and O–H groups in total. The van der Waals surface area contributed by atoms with E-state index in [1.807, 2.05) is 0 Å². The molecule has 1 aromatic carbocycles. The zero-order valence-electron chi connectivity index (χ0n) is 9.02. The van der Waals surface area contributed by atoms with E-state index in [9.17, 15) is 12.8 Å². The maximum atomic E-state index is 12.7. The van der Waals surface area contributed by atoms with Gasteiger partial charge in [0, 0.05) is 12.9 Å². The van der Waals surface area contributed by atoms with Crippen LogP contribution in [-0.4, -0.2) is 26.6 Å². The molecule has 1 rings (SSSR count). The fourth-order valence-electron chi connectivity index (χ4n) is 1.15. The number of hydrogen-bond donors (Lipinski definition) is 0.